The Morgan fingerprint density at radius 1 is 1.23 bits per heavy atom. The Morgan fingerprint density at radius 3 is 2.73 bits per heavy atom. The second kappa shape index (κ2) is 7.71. The number of aromatic nitrogens is 2. The van der Waals surface area contributed by atoms with E-state index in [9.17, 15) is 14.4 Å². The van der Waals surface area contributed by atoms with Crippen LogP contribution in [0.3, 0.4) is 0 Å². The van der Waals surface area contributed by atoms with Crippen LogP contribution in [0, 0.1) is 0 Å². The average molecular weight is 425 g/mol. The van der Waals surface area contributed by atoms with Crippen molar-refractivity contribution >= 4 is 40.6 Å². The number of hydrogen-bond acceptors (Lipinski definition) is 6. The average Bonchev–Trinajstić information content (AvgIpc) is 3.26. The summed E-state index contributed by atoms with van der Waals surface area (Å²) in [5.74, 6) is -0.386. The number of rotatable bonds is 6. The molecule has 1 fully saturated rings. The minimum Gasteiger partial charge on any atom is -0.497 e. The predicted octanol–water partition coefficient (Wildman–Crippen LogP) is 2.16. The summed E-state index contributed by atoms with van der Waals surface area (Å²) < 4.78 is 5.18. The van der Waals surface area contributed by atoms with E-state index in [1.165, 1.54) is 0 Å². The molecule has 9 nitrogen and oxygen atoms in total. The van der Waals surface area contributed by atoms with Gasteiger partial charge in [-0.15, -0.1) is 0 Å². The number of nitrogens with zero attached hydrogens (tertiary/aromatic N) is 2. The van der Waals surface area contributed by atoms with Crippen molar-refractivity contribution < 1.29 is 19.1 Å². The van der Waals surface area contributed by atoms with Crippen molar-refractivity contribution in [2.24, 2.45) is 0 Å². The molecule has 1 aliphatic rings. The first-order valence-corrected chi connectivity index (χ1v) is 10.1. The summed E-state index contributed by atoms with van der Waals surface area (Å²) in [5.41, 5.74) is 3.29. The van der Waals surface area contributed by atoms with Crippen molar-refractivity contribution in [3.8, 4) is 5.75 Å². The summed E-state index contributed by atoms with van der Waals surface area (Å²) in [5, 5.41) is 3.90. The number of ether oxygens (including phenoxy) is 1. The quantitative estimate of drug-likeness (QED) is 0.412. The van der Waals surface area contributed by atoms with Gasteiger partial charge in [-0.25, -0.2) is 9.78 Å². The van der Waals surface area contributed by atoms with E-state index in [1.54, 1.807) is 44.4 Å². The number of H-pyrrole nitrogens is 1. The second-order valence-electron chi connectivity index (χ2n) is 6.81. The molecule has 1 atom stereocenters. The molecule has 1 unspecified atom stereocenters. The van der Waals surface area contributed by atoms with Gasteiger partial charge in [-0.2, -0.15) is 5.01 Å². The third-order valence-corrected chi connectivity index (χ3v) is 5.66. The molecule has 0 radical (unpaired) electrons. The highest BCUT2D eigenvalue weighted by molar-refractivity contribution is 7.99. The number of hydrogen-bond donors (Lipinski definition) is 3. The molecule has 30 heavy (non-hydrogen) atoms. The van der Waals surface area contributed by atoms with Crippen LogP contribution in [0.2, 0.25) is 0 Å². The van der Waals surface area contributed by atoms with E-state index in [2.05, 4.69) is 20.7 Å². The number of urea groups is 1. The van der Waals surface area contributed by atoms with E-state index in [4.69, 9.17) is 4.74 Å². The van der Waals surface area contributed by atoms with E-state index in [0.29, 0.717) is 16.5 Å². The van der Waals surface area contributed by atoms with E-state index in [0.717, 1.165) is 27.8 Å². The monoisotopic (exact) mass is 425 g/mol. The fourth-order valence-electron chi connectivity index (χ4n) is 3.16. The maximum atomic E-state index is 12.8. The fourth-order valence-corrected chi connectivity index (χ4v) is 3.84. The van der Waals surface area contributed by atoms with Crippen molar-refractivity contribution in [1.82, 2.24) is 25.7 Å². The summed E-state index contributed by atoms with van der Waals surface area (Å²) >= 11 is 1.16. The van der Waals surface area contributed by atoms with Crippen LogP contribution in [0.15, 0.2) is 53.7 Å². The molecular weight excluding hydrogens is 406 g/mol. The highest BCUT2D eigenvalue weighted by Crippen LogP contribution is 2.28. The number of thioether (sulfide) groups is 1. The second-order valence-corrected chi connectivity index (χ2v) is 7.77. The molecule has 3 aromatic rings. The number of carbonyl (C=O) groups excluding carboxylic acids is 3. The summed E-state index contributed by atoms with van der Waals surface area (Å²) in [6, 6.07) is 13.6. The number of aromatic amines is 1. The molecule has 0 saturated carbocycles. The molecule has 1 aromatic heterocycles. The lowest BCUT2D eigenvalue weighted by Gasteiger charge is -2.22. The van der Waals surface area contributed by atoms with Crippen LogP contribution in [0.1, 0.15) is 12.5 Å². The number of nitrogens with one attached hydrogen (secondary N) is 3. The van der Waals surface area contributed by atoms with E-state index >= 15 is 0 Å². The first-order valence-electron chi connectivity index (χ1n) is 9.09. The molecule has 1 saturated heterocycles. The number of methoxy groups -OCH3 is 1. The van der Waals surface area contributed by atoms with Crippen LogP contribution in [0.5, 0.6) is 5.75 Å². The minimum absolute atomic E-state index is 0.0317. The molecule has 0 bridgehead atoms. The highest BCUT2D eigenvalue weighted by atomic mass is 32.2. The van der Waals surface area contributed by atoms with Gasteiger partial charge in [0.2, 0.25) is 5.91 Å². The minimum atomic E-state index is -1.24. The van der Waals surface area contributed by atoms with Gasteiger partial charge in [0.1, 0.15) is 11.3 Å². The number of benzene rings is 2. The van der Waals surface area contributed by atoms with Crippen LogP contribution in [0.4, 0.5) is 4.79 Å². The lowest BCUT2D eigenvalue weighted by Crippen LogP contribution is -2.48. The Balaban J connectivity index is 1.40. The summed E-state index contributed by atoms with van der Waals surface area (Å²) in [4.78, 5) is 45.0. The van der Waals surface area contributed by atoms with Gasteiger partial charge in [0.25, 0.3) is 5.91 Å². The van der Waals surface area contributed by atoms with Gasteiger partial charge in [0.15, 0.2) is 5.16 Å². The Kier molecular flexibility index (Phi) is 5.08. The summed E-state index contributed by atoms with van der Waals surface area (Å²) in [6.45, 7) is 1.60. The third kappa shape index (κ3) is 3.57. The van der Waals surface area contributed by atoms with E-state index in [-0.39, 0.29) is 5.75 Å². The zero-order valence-corrected chi connectivity index (χ0v) is 17.1. The number of amides is 4. The third-order valence-electron chi connectivity index (χ3n) is 4.79. The van der Waals surface area contributed by atoms with Crippen LogP contribution in [0.25, 0.3) is 11.0 Å². The maximum Gasteiger partial charge on any atom is 0.344 e. The van der Waals surface area contributed by atoms with Crippen molar-refractivity contribution in [1.29, 1.82) is 0 Å². The Bertz CT molecular complexity index is 1130. The lowest BCUT2D eigenvalue weighted by molar-refractivity contribution is -0.138. The van der Waals surface area contributed by atoms with Crippen molar-refractivity contribution in [2.45, 2.75) is 17.6 Å². The van der Waals surface area contributed by atoms with Gasteiger partial charge in [-0.3, -0.25) is 15.0 Å². The standard InChI is InChI=1S/C20H19N5O4S/c1-20(12-6-4-3-5-7-12)17(27)25(19(28)23-20)24-16(26)11-30-18-21-14-9-8-13(29-2)10-15(14)22-18/h3-10H,11H2,1-2H3,(H,21,22)(H,23,28)(H,24,26). The molecule has 10 heteroatoms. The number of fused-ring (bicyclic) bond motifs is 1. The molecule has 3 N–H and O–H groups in total. The highest BCUT2D eigenvalue weighted by Gasteiger charge is 2.49. The summed E-state index contributed by atoms with van der Waals surface area (Å²) in [7, 11) is 1.58. The van der Waals surface area contributed by atoms with Gasteiger partial charge >= 0.3 is 6.03 Å². The fraction of sp³-hybridized carbons (Fsp3) is 0.200. The van der Waals surface area contributed by atoms with Crippen LogP contribution < -0.4 is 15.5 Å². The van der Waals surface area contributed by atoms with Gasteiger partial charge in [-0.1, -0.05) is 42.1 Å². The van der Waals surface area contributed by atoms with Crippen molar-refractivity contribution in [3.05, 3.63) is 54.1 Å². The molecule has 2 aromatic carbocycles. The van der Waals surface area contributed by atoms with Gasteiger partial charge < -0.3 is 15.0 Å². The Labute approximate surface area is 176 Å². The van der Waals surface area contributed by atoms with Crippen LogP contribution in [-0.4, -0.2) is 45.7 Å². The van der Waals surface area contributed by atoms with E-state index in [1.807, 2.05) is 18.2 Å². The molecule has 2 heterocycles. The molecule has 154 valence electrons. The van der Waals surface area contributed by atoms with Crippen LogP contribution >= 0.6 is 11.8 Å². The largest absolute Gasteiger partial charge is 0.497 e. The topological polar surface area (TPSA) is 116 Å². The first kappa shape index (κ1) is 19.8. The van der Waals surface area contributed by atoms with Gasteiger partial charge in [0.05, 0.1) is 23.9 Å². The lowest BCUT2D eigenvalue weighted by atomic mass is 9.92. The van der Waals surface area contributed by atoms with Gasteiger partial charge in [0, 0.05) is 6.07 Å². The zero-order chi connectivity index (χ0) is 21.3. The maximum absolute atomic E-state index is 12.8. The summed E-state index contributed by atoms with van der Waals surface area (Å²) in [6.07, 6.45) is 0. The van der Waals surface area contributed by atoms with Gasteiger partial charge in [-0.05, 0) is 24.6 Å². The SMILES string of the molecule is COc1ccc2nc(SCC(=O)NN3C(=O)NC(C)(c4ccccc4)C3=O)[nH]c2c1. The molecule has 0 spiro atoms. The molecule has 0 aliphatic carbocycles. The van der Waals surface area contributed by atoms with Crippen molar-refractivity contribution in [2.75, 3.05) is 12.9 Å². The molecular formula is C20H19N5O4S. The zero-order valence-electron chi connectivity index (χ0n) is 16.3. The molecule has 1 aliphatic heterocycles. The predicted molar refractivity (Wildman–Crippen MR) is 111 cm³/mol. The number of imidazole rings is 1. The first-order chi connectivity index (χ1) is 14.4. The number of carbonyl (C=O) groups is 3. The van der Waals surface area contributed by atoms with Crippen molar-refractivity contribution in [3.63, 3.8) is 0 Å². The smallest absolute Gasteiger partial charge is 0.344 e. The molecule has 4 amide bonds. The number of imide groups is 1. The van der Waals surface area contributed by atoms with E-state index < -0.39 is 23.4 Å². The molecule has 4 rings (SSSR count). The number of hydrazine groups is 1. The Hall–Kier alpha value is -3.53. The Morgan fingerprint density at radius 2 is 2.00 bits per heavy atom. The van der Waals surface area contributed by atoms with Crippen LogP contribution in [-0.2, 0) is 15.1 Å². The normalized spacial score (nSPS) is 18.5.